The second-order valence-electron chi connectivity index (χ2n) is 5.15. The quantitative estimate of drug-likeness (QED) is 0.891. The molecule has 3 heterocycles. The third-order valence-electron chi connectivity index (χ3n) is 3.40. The number of nitrogens with zero attached hydrogens (tertiary/aromatic N) is 1. The number of ether oxygens (including phenoxy) is 3. The molecule has 0 spiro atoms. The maximum atomic E-state index is 9.40. The third-order valence-corrected chi connectivity index (χ3v) is 4.38. The molecular weight excluding hydrogens is 266 g/mol. The van der Waals surface area contributed by atoms with E-state index < -0.39 is 11.9 Å². The van der Waals surface area contributed by atoms with Gasteiger partial charge in [0, 0.05) is 0 Å². The van der Waals surface area contributed by atoms with Crippen LogP contribution < -0.4 is 0 Å². The maximum Gasteiger partial charge on any atom is 0.164 e. The molecule has 2 fully saturated rings. The van der Waals surface area contributed by atoms with E-state index in [0.717, 1.165) is 4.88 Å². The van der Waals surface area contributed by atoms with Crippen molar-refractivity contribution in [1.82, 2.24) is 0 Å². The number of nitriles is 1. The Hall–Kier alpha value is -0.970. The first-order valence-electron chi connectivity index (χ1n) is 6.15. The van der Waals surface area contributed by atoms with E-state index >= 15 is 0 Å². The Morgan fingerprint density at radius 3 is 2.84 bits per heavy atom. The van der Waals surface area contributed by atoms with Crippen LogP contribution in [-0.4, -0.2) is 35.8 Å². The van der Waals surface area contributed by atoms with Crippen LogP contribution in [0.3, 0.4) is 0 Å². The van der Waals surface area contributed by atoms with Gasteiger partial charge in [-0.05, 0) is 25.3 Å². The van der Waals surface area contributed by atoms with E-state index in [-0.39, 0.29) is 24.9 Å². The van der Waals surface area contributed by atoms with Gasteiger partial charge in [0.05, 0.1) is 17.0 Å². The van der Waals surface area contributed by atoms with Crippen LogP contribution in [0.15, 0.2) is 11.4 Å². The molecule has 0 unspecified atom stereocenters. The van der Waals surface area contributed by atoms with Crippen LogP contribution in [-0.2, 0) is 14.2 Å². The minimum atomic E-state index is -0.686. The van der Waals surface area contributed by atoms with Crippen LogP contribution in [0.25, 0.3) is 0 Å². The summed E-state index contributed by atoms with van der Waals surface area (Å²) in [7, 11) is 0. The highest BCUT2D eigenvalue weighted by Gasteiger charge is 2.55. The van der Waals surface area contributed by atoms with E-state index in [1.54, 1.807) is 6.07 Å². The van der Waals surface area contributed by atoms with Gasteiger partial charge in [0.25, 0.3) is 0 Å². The van der Waals surface area contributed by atoms with Gasteiger partial charge in [-0.2, -0.15) is 5.26 Å². The monoisotopic (exact) mass is 281 g/mol. The lowest BCUT2D eigenvalue weighted by molar-refractivity contribution is -0.190. The summed E-state index contributed by atoms with van der Waals surface area (Å²) in [5, 5.41) is 20.4. The summed E-state index contributed by atoms with van der Waals surface area (Å²) >= 11 is 1.47. The highest BCUT2D eigenvalue weighted by Crippen LogP contribution is 2.46. The number of aliphatic hydroxyl groups is 1. The maximum absolute atomic E-state index is 9.40. The molecule has 2 saturated heterocycles. The van der Waals surface area contributed by atoms with E-state index in [4.69, 9.17) is 19.5 Å². The molecule has 1 aromatic heterocycles. The molecule has 0 aliphatic carbocycles. The second kappa shape index (κ2) is 4.54. The highest BCUT2D eigenvalue weighted by molar-refractivity contribution is 7.10. The molecule has 1 N–H and O–H groups in total. The largest absolute Gasteiger partial charge is 0.394 e. The van der Waals surface area contributed by atoms with Crippen molar-refractivity contribution in [2.75, 3.05) is 6.61 Å². The van der Waals surface area contributed by atoms with Gasteiger partial charge in [-0.1, -0.05) is 0 Å². The number of rotatable bonds is 2. The molecule has 3 rings (SSSR count). The van der Waals surface area contributed by atoms with Crippen molar-refractivity contribution < 1.29 is 19.3 Å². The normalized spacial score (nSPS) is 36.1. The molecule has 4 atom stereocenters. The summed E-state index contributed by atoms with van der Waals surface area (Å²) < 4.78 is 17.5. The molecule has 1 aromatic rings. The van der Waals surface area contributed by atoms with Crippen molar-refractivity contribution in [3.63, 3.8) is 0 Å². The zero-order chi connectivity index (χ0) is 13.6. The van der Waals surface area contributed by atoms with Gasteiger partial charge < -0.3 is 19.3 Å². The van der Waals surface area contributed by atoms with Crippen LogP contribution >= 0.6 is 11.3 Å². The minimum absolute atomic E-state index is 0.121. The Labute approximate surface area is 115 Å². The SMILES string of the molecule is CC1(C)O[C@@H]2[C@H](O1)[C@@H](CO)O[C@@H]2c1sccc1C#N. The van der Waals surface area contributed by atoms with Gasteiger partial charge in [0.15, 0.2) is 5.79 Å². The van der Waals surface area contributed by atoms with Gasteiger partial charge in [0.2, 0.25) is 0 Å². The first kappa shape index (κ1) is 13.0. The first-order valence-corrected chi connectivity index (χ1v) is 7.03. The summed E-state index contributed by atoms with van der Waals surface area (Å²) in [6.45, 7) is 3.57. The molecule has 0 bridgehead atoms. The zero-order valence-corrected chi connectivity index (χ0v) is 11.5. The minimum Gasteiger partial charge on any atom is -0.394 e. The predicted octanol–water partition coefficient (Wildman–Crippen LogP) is 1.57. The lowest BCUT2D eigenvalue weighted by Gasteiger charge is -2.23. The number of hydrogen-bond acceptors (Lipinski definition) is 6. The predicted molar refractivity (Wildman–Crippen MR) is 67.6 cm³/mol. The van der Waals surface area contributed by atoms with Crippen molar-refractivity contribution in [3.05, 3.63) is 21.9 Å². The molecule has 19 heavy (non-hydrogen) atoms. The standard InChI is InChI=1S/C13H15NO4S/c1-13(2)17-9-8(6-15)16-11(10(9)18-13)12-7(5-14)3-4-19-12/h3-4,8-11,15H,6H2,1-2H3/t8-,9-,10-,11+/m1/s1. The van der Waals surface area contributed by atoms with Crippen molar-refractivity contribution in [2.45, 2.75) is 44.1 Å². The third kappa shape index (κ3) is 2.08. The Kier molecular flexibility index (Phi) is 3.12. The molecule has 0 amide bonds. The molecule has 6 heteroatoms. The molecule has 2 aliphatic rings. The topological polar surface area (TPSA) is 71.7 Å². The first-order chi connectivity index (χ1) is 9.05. The molecular formula is C13H15NO4S. The van der Waals surface area contributed by atoms with E-state index in [1.165, 1.54) is 11.3 Å². The Morgan fingerprint density at radius 2 is 2.16 bits per heavy atom. The smallest absolute Gasteiger partial charge is 0.164 e. The second-order valence-corrected chi connectivity index (χ2v) is 6.10. The van der Waals surface area contributed by atoms with Crippen molar-refractivity contribution in [3.8, 4) is 6.07 Å². The van der Waals surface area contributed by atoms with Crippen molar-refractivity contribution in [1.29, 1.82) is 5.26 Å². The molecule has 0 aromatic carbocycles. The fourth-order valence-electron chi connectivity index (χ4n) is 2.67. The van der Waals surface area contributed by atoms with Crippen molar-refractivity contribution >= 4 is 11.3 Å². The van der Waals surface area contributed by atoms with E-state index in [1.807, 2.05) is 19.2 Å². The summed E-state index contributed by atoms with van der Waals surface area (Å²) in [6.07, 6.45) is -1.33. The molecule has 5 nitrogen and oxygen atoms in total. The molecule has 102 valence electrons. The van der Waals surface area contributed by atoms with Crippen LogP contribution in [0.1, 0.15) is 30.4 Å². The summed E-state index contributed by atoms with van der Waals surface area (Å²) in [4.78, 5) is 0.842. The summed E-state index contributed by atoms with van der Waals surface area (Å²) in [5.41, 5.74) is 0.598. The molecule has 0 saturated carbocycles. The fourth-order valence-corrected chi connectivity index (χ4v) is 3.59. The van der Waals surface area contributed by atoms with Crippen LogP contribution in [0, 0.1) is 11.3 Å². The van der Waals surface area contributed by atoms with Crippen molar-refractivity contribution in [2.24, 2.45) is 0 Å². The number of fused-ring (bicyclic) bond motifs is 1. The van der Waals surface area contributed by atoms with Gasteiger partial charge in [0.1, 0.15) is 30.5 Å². The average Bonchev–Trinajstić information content (AvgIpc) is 3.00. The van der Waals surface area contributed by atoms with Gasteiger partial charge in [-0.15, -0.1) is 11.3 Å². The fraction of sp³-hybridized carbons (Fsp3) is 0.615. The summed E-state index contributed by atoms with van der Waals surface area (Å²) in [6, 6.07) is 3.93. The average molecular weight is 281 g/mol. The Balaban J connectivity index is 1.93. The number of hydrogen-bond donors (Lipinski definition) is 1. The lowest BCUT2D eigenvalue weighted by Crippen LogP contribution is -2.31. The van der Waals surface area contributed by atoms with E-state index in [2.05, 4.69) is 6.07 Å². The van der Waals surface area contributed by atoms with Crippen LogP contribution in [0.4, 0.5) is 0 Å². The number of thiophene rings is 1. The summed E-state index contributed by atoms with van der Waals surface area (Å²) in [5.74, 6) is -0.686. The van der Waals surface area contributed by atoms with E-state index in [0.29, 0.717) is 5.56 Å². The van der Waals surface area contributed by atoms with Gasteiger partial charge in [-0.3, -0.25) is 0 Å². The Bertz CT molecular complexity index is 521. The van der Waals surface area contributed by atoms with Gasteiger partial charge in [-0.25, -0.2) is 0 Å². The highest BCUT2D eigenvalue weighted by atomic mass is 32.1. The molecule has 2 aliphatic heterocycles. The molecule has 0 radical (unpaired) electrons. The van der Waals surface area contributed by atoms with Gasteiger partial charge >= 0.3 is 0 Å². The van der Waals surface area contributed by atoms with Crippen LogP contribution in [0.2, 0.25) is 0 Å². The number of aliphatic hydroxyl groups excluding tert-OH is 1. The van der Waals surface area contributed by atoms with E-state index in [9.17, 15) is 5.11 Å². The van der Waals surface area contributed by atoms with Crippen LogP contribution in [0.5, 0.6) is 0 Å². The lowest BCUT2D eigenvalue weighted by atomic mass is 10.1. The zero-order valence-electron chi connectivity index (χ0n) is 10.7. The Morgan fingerprint density at radius 1 is 1.42 bits per heavy atom.